The van der Waals surface area contributed by atoms with Crippen molar-refractivity contribution in [1.82, 2.24) is 10.2 Å². The topological polar surface area (TPSA) is 56.7 Å². The van der Waals surface area contributed by atoms with E-state index >= 15 is 0 Å². The number of carbonyl (C=O) groups excluding carboxylic acids is 1. The zero-order chi connectivity index (χ0) is 15.9. The lowest BCUT2D eigenvalue weighted by Crippen LogP contribution is -2.41. The maximum absolute atomic E-state index is 12.0. The minimum absolute atomic E-state index is 0. The molecule has 1 aliphatic carbocycles. The van der Waals surface area contributed by atoms with Crippen molar-refractivity contribution >= 4 is 41.5 Å². The molecule has 6 heteroatoms. The maximum atomic E-state index is 12.0. The van der Waals surface area contributed by atoms with E-state index in [4.69, 9.17) is 0 Å². The lowest BCUT2D eigenvalue weighted by atomic mass is 10.1. The van der Waals surface area contributed by atoms with E-state index in [1.54, 1.807) is 0 Å². The molecule has 1 aliphatic heterocycles. The molecule has 24 heavy (non-hydrogen) atoms. The molecule has 0 atom stereocenters. The van der Waals surface area contributed by atoms with E-state index in [1.165, 1.54) is 32.1 Å². The maximum Gasteiger partial charge on any atom is 0.241 e. The van der Waals surface area contributed by atoms with Crippen LogP contribution in [0.3, 0.4) is 0 Å². The second kappa shape index (κ2) is 9.86. The van der Waals surface area contributed by atoms with Crippen LogP contribution in [0, 0.1) is 5.92 Å². The molecule has 1 aromatic rings. The van der Waals surface area contributed by atoms with Gasteiger partial charge in [0.15, 0.2) is 5.96 Å². The Labute approximate surface area is 161 Å². The van der Waals surface area contributed by atoms with E-state index < -0.39 is 0 Å². The SMILES string of the molecule is I.O=C(CN=C(Nc1ccccc1)N1CCCCC1)NCC1CC1. The molecule has 1 amide bonds. The number of rotatable bonds is 5. The second-order valence-corrected chi connectivity index (χ2v) is 6.43. The number of guanidine groups is 1. The zero-order valence-electron chi connectivity index (χ0n) is 14.0. The minimum atomic E-state index is 0. The minimum Gasteiger partial charge on any atom is -0.354 e. The smallest absolute Gasteiger partial charge is 0.241 e. The summed E-state index contributed by atoms with van der Waals surface area (Å²) < 4.78 is 0. The van der Waals surface area contributed by atoms with Gasteiger partial charge in [-0.25, -0.2) is 4.99 Å². The van der Waals surface area contributed by atoms with E-state index in [0.717, 1.165) is 31.3 Å². The van der Waals surface area contributed by atoms with Crippen molar-refractivity contribution in [3.8, 4) is 0 Å². The van der Waals surface area contributed by atoms with Crippen molar-refractivity contribution in [2.24, 2.45) is 10.9 Å². The molecule has 0 bridgehead atoms. The number of hydrogen-bond acceptors (Lipinski definition) is 2. The molecular formula is C18H27IN4O. The molecule has 2 fully saturated rings. The van der Waals surface area contributed by atoms with Crippen LogP contribution in [0.5, 0.6) is 0 Å². The van der Waals surface area contributed by atoms with E-state index in [-0.39, 0.29) is 36.4 Å². The number of likely N-dealkylation sites (tertiary alicyclic amines) is 1. The number of para-hydroxylation sites is 1. The predicted molar refractivity (Wildman–Crippen MR) is 109 cm³/mol. The Bertz CT molecular complexity index is 539. The number of aliphatic imine (C=N–C) groups is 1. The highest BCUT2D eigenvalue weighted by Gasteiger charge is 2.21. The first kappa shape index (κ1) is 19.0. The molecule has 2 N–H and O–H groups in total. The first-order chi connectivity index (χ1) is 11.3. The van der Waals surface area contributed by atoms with Crippen LogP contribution in [-0.2, 0) is 4.79 Å². The lowest BCUT2D eigenvalue weighted by molar-refractivity contribution is -0.119. The number of benzene rings is 1. The van der Waals surface area contributed by atoms with Gasteiger partial charge in [-0.05, 0) is 50.2 Å². The molecule has 5 nitrogen and oxygen atoms in total. The zero-order valence-corrected chi connectivity index (χ0v) is 16.4. The number of anilines is 1. The third-order valence-corrected chi connectivity index (χ3v) is 4.34. The largest absolute Gasteiger partial charge is 0.354 e. The quantitative estimate of drug-likeness (QED) is 0.419. The van der Waals surface area contributed by atoms with Gasteiger partial charge in [-0.2, -0.15) is 0 Å². The summed E-state index contributed by atoms with van der Waals surface area (Å²) in [6.45, 7) is 3.00. The van der Waals surface area contributed by atoms with E-state index in [1.807, 2.05) is 30.3 Å². The van der Waals surface area contributed by atoms with Gasteiger partial charge >= 0.3 is 0 Å². The number of nitrogens with zero attached hydrogens (tertiary/aromatic N) is 2. The highest BCUT2D eigenvalue weighted by atomic mass is 127. The highest BCUT2D eigenvalue weighted by molar-refractivity contribution is 14.0. The summed E-state index contributed by atoms with van der Waals surface area (Å²) in [7, 11) is 0. The summed E-state index contributed by atoms with van der Waals surface area (Å²) in [6, 6.07) is 10.0. The molecule has 0 radical (unpaired) electrons. The summed E-state index contributed by atoms with van der Waals surface area (Å²) in [5, 5.41) is 6.35. The standard InChI is InChI=1S/C18H26N4O.HI/c23-17(19-13-15-9-10-15)14-20-18(22-11-5-2-6-12-22)21-16-7-3-1-4-8-16;/h1,3-4,7-8,15H,2,5-6,9-14H2,(H,19,23)(H,20,21);1H. The highest BCUT2D eigenvalue weighted by Crippen LogP contribution is 2.27. The van der Waals surface area contributed by atoms with Crippen LogP contribution in [-0.4, -0.2) is 42.9 Å². The monoisotopic (exact) mass is 442 g/mol. The van der Waals surface area contributed by atoms with Gasteiger partial charge in [0.1, 0.15) is 6.54 Å². The Balaban J connectivity index is 0.00000208. The van der Waals surface area contributed by atoms with Crippen molar-refractivity contribution in [3.05, 3.63) is 30.3 Å². The van der Waals surface area contributed by atoms with Gasteiger partial charge in [0.05, 0.1) is 0 Å². The number of halogens is 1. The molecule has 1 aromatic carbocycles. The Morgan fingerprint density at radius 2 is 1.83 bits per heavy atom. The summed E-state index contributed by atoms with van der Waals surface area (Å²) in [5.74, 6) is 1.53. The van der Waals surface area contributed by atoms with E-state index in [2.05, 4.69) is 20.5 Å². The molecule has 0 aromatic heterocycles. The Hall–Kier alpha value is -1.31. The molecule has 0 spiro atoms. The Morgan fingerprint density at radius 1 is 1.12 bits per heavy atom. The van der Waals surface area contributed by atoms with Crippen LogP contribution in [0.15, 0.2) is 35.3 Å². The summed E-state index contributed by atoms with van der Waals surface area (Å²) in [6.07, 6.45) is 6.14. The fourth-order valence-electron chi connectivity index (χ4n) is 2.76. The van der Waals surface area contributed by atoms with Crippen LogP contribution in [0.1, 0.15) is 32.1 Å². The molecule has 0 unspecified atom stereocenters. The van der Waals surface area contributed by atoms with Crippen LogP contribution < -0.4 is 10.6 Å². The van der Waals surface area contributed by atoms with Gasteiger partial charge in [0.25, 0.3) is 0 Å². The first-order valence-corrected chi connectivity index (χ1v) is 8.69. The van der Waals surface area contributed by atoms with Crippen molar-refractivity contribution in [3.63, 3.8) is 0 Å². The number of amides is 1. The summed E-state index contributed by atoms with van der Waals surface area (Å²) in [4.78, 5) is 18.8. The van der Waals surface area contributed by atoms with Gasteiger partial charge < -0.3 is 15.5 Å². The molecule has 1 heterocycles. The third kappa shape index (κ3) is 6.30. The fourth-order valence-corrected chi connectivity index (χ4v) is 2.76. The number of nitrogens with one attached hydrogen (secondary N) is 2. The first-order valence-electron chi connectivity index (χ1n) is 8.69. The predicted octanol–water partition coefficient (Wildman–Crippen LogP) is 3.08. The van der Waals surface area contributed by atoms with Crippen LogP contribution in [0.2, 0.25) is 0 Å². The Morgan fingerprint density at radius 3 is 2.50 bits per heavy atom. The third-order valence-electron chi connectivity index (χ3n) is 4.34. The van der Waals surface area contributed by atoms with Gasteiger partial charge in [-0.15, -0.1) is 24.0 Å². The molecule has 3 rings (SSSR count). The van der Waals surface area contributed by atoms with Crippen molar-refractivity contribution in [2.45, 2.75) is 32.1 Å². The molecule has 1 saturated heterocycles. The molecular weight excluding hydrogens is 415 g/mol. The summed E-state index contributed by atoms with van der Waals surface area (Å²) in [5.41, 5.74) is 1.01. The average molecular weight is 442 g/mol. The molecule has 1 saturated carbocycles. The number of piperidine rings is 1. The van der Waals surface area contributed by atoms with Gasteiger partial charge in [0.2, 0.25) is 5.91 Å². The van der Waals surface area contributed by atoms with Gasteiger partial charge in [-0.1, -0.05) is 18.2 Å². The number of hydrogen-bond donors (Lipinski definition) is 2. The van der Waals surface area contributed by atoms with Gasteiger partial charge in [0, 0.05) is 25.3 Å². The van der Waals surface area contributed by atoms with Crippen molar-refractivity contribution in [1.29, 1.82) is 0 Å². The van der Waals surface area contributed by atoms with Crippen LogP contribution >= 0.6 is 24.0 Å². The second-order valence-electron chi connectivity index (χ2n) is 6.43. The van der Waals surface area contributed by atoms with Crippen molar-refractivity contribution < 1.29 is 4.79 Å². The van der Waals surface area contributed by atoms with E-state index in [0.29, 0.717) is 5.92 Å². The average Bonchev–Trinajstić information content (AvgIpc) is 3.43. The van der Waals surface area contributed by atoms with Crippen molar-refractivity contribution in [2.75, 3.05) is 31.5 Å². The fraction of sp³-hybridized carbons (Fsp3) is 0.556. The van der Waals surface area contributed by atoms with Crippen LogP contribution in [0.25, 0.3) is 0 Å². The van der Waals surface area contributed by atoms with Gasteiger partial charge in [-0.3, -0.25) is 4.79 Å². The lowest BCUT2D eigenvalue weighted by Gasteiger charge is -2.30. The van der Waals surface area contributed by atoms with Crippen LogP contribution in [0.4, 0.5) is 5.69 Å². The normalized spacial score (nSPS) is 17.8. The summed E-state index contributed by atoms with van der Waals surface area (Å²) >= 11 is 0. The molecule has 132 valence electrons. The van der Waals surface area contributed by atoms with E-state index in [9.17, 15) is 4.79 Å². The molecule has 2 aliphatic rings. The Kier molecular flexibility index (Phi) is 7.81. The number of carbonyl (C=O) groups is 1.